The summed E-state index contributed by atoms with van der Waals surface area (Å²) in [4.78, 5) is 53.3. The first kappa shape index (κ1) is 40.7. The molecule has 0 rings (SSSR count). The minimum absolute atomic E-state index is 0.0313. The Bertz CT molecular complexity index is 691. The summed E-state index contributed by atoms with van der Waals surface area (Å²) in [5.41, 5.74) is 11.0. The van der Waals surface area contributed by atoms with Gasteiger partial charge in [-0.3, -0.25) is 19.2 Å². The van der Waals surface area contributed by atoms with E-state index in [1.54, 1.807) is 0 Å². The van der Waals surface area contributed by atoms with Crippen LogP contribution in [0, 0.1) is 11.8 Å². The summed E-state index contributed by atoms with van der Waals surface area (Å²) >= 11 is 0. The molecule has 0 saturated heterocycles. The summed E-state index contributed by atoms with van der Waals surface area (Å²) in [5.74, 6) is 1.10. The third-order valence-corrected chi connectivity index (χ3v) is 7.09. The minimum atomic E-state index is -0.0313. The molecule has 0 saturated carbocycles. The molecule has 43 heavy (non-hydrogen) atoms. The Morgan fingerprint density at radius 2 is 0.791 bits per heavy atom. The van der Waals surface area contributed by atoms with Crippen LogP contribution in [0.2, 0.25) is 0 Å². The van der Waals surface area contributed by atoms with Crippen molar-refractivity contribution in [3.8, 4) is 0 Å². The van der Waals surface area contributed by atoms with Gasteiger partial charge in [0.15, 0.2) is 0 Å². The molecule has 0 aromatic carbocycles. The zero-order chi connectivity index (χ0) is 32.3. The van der Waals surface area contributed by atoms with Crippen molar-refractivity contribution in [3.63, 3.8) is 0 Å². The van der Waals surface area contributed by atoms with Crippen LogP contribution in [0.3, 0.4) is 0 Å². The van der Waals surface area contributed by atoms with Crippen LogP contribution in [0.25, 0.3) is 0 Å². The van der Waals surface area contributed by atoms with Crippen molar-refractivity contribution in [2.24, 2.45) is 23.3 Å². The van der Waals surface area contributed by atoms with Crippen molar-refractivity contribution >= 4 is 23.6 Å². The maximum Gasteiger partial charge on any atom is 0.221 e. The molecule has 0 heterocycles. The summed E-state index contributed by atoms with van der Waals surface area (Å²) in [6.45, 7) is 15.6. The van der Waals surface area contributed by atoms with E-state index in [-0.39, 0.29) is 23.6 Å². The van der Waals surface area contributed by atoms with E-state index >= 15 is 0 Å². The molecular weight excluding hydrogens is 548 g/mol. The first-order valence-corrected chi connectivity index (χ1v) is 16.5. The second-order valence-corrected chi connectivity index (χ2v) is 12.1. The quantitative estimate of drug-likeness (QED) is 0.0703. The number of carbonyl (C=O) groups is 4. The topological polar surface area (TPSA) is 175 Å². The van der Waals surface area contributed by atoms with Crippen LogP contribution in [0.1, 0.15) is 85.5 Å². The molecular formula is C31H64N8O4. The first-order chi connectivity index (χ1) is 20.6. The second-order valence-electron chi connectivity index (χ2n) is 12.1. The van der Waals surface area contributed by atoms with Gasteiger partial charge in [-0.05, 0) is 50.6 Å². The summed E-state index contributed by atoms with van der Waals surface area (Å²) in [6.07, 6.45) is 6.28. The third-order valence-electron chi connectivity index (χ3n) is 7.09. The van der Waals surface area contributed by atoms with Gasteiger partial charge in [0.1, 0.15) is 0 Å². The number of carbonyl (C=O) groups excluding carboxylic acids is 4. The van der Waals surface area contributed by atoms with E-state index in [1.165, 1.54) is 0 Å². The fourth-order valence-electron chi connectivity index (χ4n) is 4.33. The molecule has 4 amide bonds. The van der Waals surface area contributed by atoms with Crippen LogP contribution in [-0.2, 0) is 19.2 Å². The van der Waals surface area contributed by atoms with Crippen molar-refractivity contribution in [1.82, 2.24) is 31.1 Å². The Hall–Kier alpha value is -2.28. The SMILES string of the molecule is CC(C)CCNC(=O)CCN(CCCCCN(CCC(=O)NCCN)CCC(=O)NCCC(C)C)CCC(=O)NCCN. The highest BCUT2D eigenvalue weighted by molar-refractivity contribution is 5.77. The predicted molar refractivity (Wildman–Crippen MR) is 174 cm³/mol. The van der Waals surface area contributed by atoms with Gasteiger partial charge in [-0.15, -0.1) is 0 Å². The molecule has 0 unspecified atom stereocenters. The number of nitrogens with one attached hydrogen (secondary N) is 4. The average molecular weight is 613 g/mol. The molecule has 0 spiro atoms. The molecule has 0 radical (unpaired) electrons. The van der Waals surface area contributed by atoms with Crippen LogP contribution in [0.15, 0.2) is 0 Å². The molecule has 252 valence electrons. The lowest BCUT2D eigenvalue weighted by Crippen LogP contribution is -2.36. The number of amides is 4. The molecule has 0 aromatic heterocycles. The molecule has 0 aliphatic rings. The van der Waals surface area contributed by atoms with Crippen LogP contribution in [0.4, 0.5) is 0 Å². The largest absolute Gasteiger partial charge is 0.356 e. The van der Waals surface area contributed by atoms with Gasteiger partial charge in [0, 0.05) is 91.1 Å². The van der Waals surface area contributed by atoms with Gasteiger partial charge in [-0.1, -0.05) is 34.1 Å². The van der Waals surface area contributed by atoms with Gasteiger partial charge < -0.3 is 42.5 Å². The van der Waals surface area contributed by atoms with Crippen LogP contribution < -0.4 is 32.7 Å². The molecule has 0 fully saturated rings. The molecule has 8 N–H and O–H groups in total. The van der Waals surface area contributed by atoms with E-state index in [9.17, 15) is 19.2 Å². The smallest absolute Gasteiger partial charge is 0.221 e. The lowest BCUT2D eigenvalue weighted by molar-refractivity contribution is -0.123. The Morgan fingerprint density at radius 3 is 1.07 bits per heavy atom. The highest BCUT2D eigenvalue weighted by atomic mass is 16.2. The molecule has 0 atom stereocenters. The number of hydrogen-bond donors (Lipinski definition) is 6. The van der Waals surface area contributed by atoms with E-state index in [4.69, 9.17) is 11.5 Å². The van der Waals surface area contributed by atoms with Gasteiger partial charge in [0.2, 0.25) is 23.6 Å². The highest BCUT2D eigenvalue weighted by Gasteiger charge is 2.13. The zero-order valence-electron chi connectivity index (χ0n) is 27.7. The van der Waals surface area contributed by atoms with Gasteiger partial charge in [0.25, 0.3) is 0 Å². The Balaban J connectivity index is 4.77. The van der Waals surface area contributed by atoms with Crippen molar-refractivity contribution < 1.29 is 19.2 Å². The van der Waals surface area contributed by atoms with Crippen molar-refractivity contribution in [2.75, 3.05) is 78.5 Å². The molecule has 0 aliphatic heterocycles. The van der Waals surface area contributed by atoms with Crippen molar-refractivity contribution in [1.29, 1.82) is 0 Å². The van der Waals surface area contributed by atoms with Gasteiger partial charge >= 0.3 is 0 Å². The summed E-state index contributed by atoms with van der Waals surface area (Å²) in [5, 5.41) is 11.6. The average Bonchev–Trinajstić information content (AvgIpc) is 2.96. The monoisotopic (exact) mass is 613 g/mol. The third kappa shape index (κ3) is 27.0. The number of hydrogen-bond acceptors (Lipinski definition) is 8. The normalized spacial score (nSPS) is 11.4. The van der Waals surface area contributed by atoms with Gasteiger partial charge in [-0.2, -0.15) is 0 Å². The lowest BCUT2D eigenvalue weighted by Gasteiger charge is -2.24. The first-order valence-electron chi connectivity index (χ1n) is 16.5. The van der Waals surface area contributed by atoms with E-state index in [0.29, 0.717) is 103 Å². The number of rotatable bonds is 28. The Morgan fingerprint density at radius 1 is 0.488 bits per heavy atom. The van der Waals surface area contributed by atoms with E-state index < -0.39 is 0 Å². The van der Waals surface area contributed by atoms with Crippen LogP contribution in [0.5, 0.6) is 0 Å². The van der Waals surface area contributed by atoms with E-state index in [1.807, 2.05) is 0 Å². The van der Waals surface area contributed by atoms with Gasteiger partial charge in [-0.25, -0.2) is 0 Å². The second kappa shape index (κ2) is 27.3. The van der Waals surface area contributed by atoms with Crippen LogP contribution in [-0.4, -0.2) is 112 Å². The Labute approximate surface area is 261 Å². The maximum absolute atomic E-state index is 12.3. The number of nitrogens with zero attached hydrogens (tertiary/aromatic N) is 2. The van der Waals surface area contributed by atoms with E-state index in [0.717, 1.165) is 45.2 Å². The molecule has 12 nitrogen and oxygen atoms in total. The van der Waals surface area contributed by atoms with E-state index in [2.05, 4.69) is 58.8 Å². The summed E-state index contributed by atoms with van der Waals surface area (Å²) in [7, 11) is 0. The van der Waals surface area contributed by atoms with Crippen LogP contribution >= 0.6 is 0 Å². The van der Waals surface area contributed by atoms with Gasteiger partial charge in [0.05, 0.1) is 0 Å². The highest BCUT2D eigenvalue weighted by Crippen LogP contribution is 2.06. The predicted octanol–water partition coefficient (Wildman–Crippen LogP) is 0.796. The zero-order valence-corrected chi connectivity index (χ0v) is 27.7. The maximum atomic E-state index is 12.3. The fraction of sp³-hybridized carbons (Fsp3) is 0.871. The fourth-order valence-corrected chi connectivity index (χ4v) is 4.33. The molecule has 12 heteroatoms. The summed E-state index contributed by atoms with van der Waals surface area (Å²) < 4.78 is 0. The Kier molecular flexibility index (Phi) is 25.8. The minimum Gasteiger partial charge on any atom is -0.356 e. The summed E-state index contributed by atoms with van der Waals surface area (Å²) in [6, 6.07) is 0. The lowest BCUT2D eigenvalue weighted by atomic mass is 10.1. The molecule has 0 bridgehead atoms. The molecule has 0 aliphatic carbocycles. The van der Waals surface area contributed by atoms with Crippen molar-refractivity contribution in [3.05, 3.63) is 0 Å². The van der Waals surface area contributed by atoms with Crippen molar-refractivity contribution in [2.45, 2.75) is 85.5 Å². The number of nitrogens with two attached hydrogens (primary N) is 2. The standard InChI is InChI=1S/C31H64N8O4/c1-26(2)8-16-34-28(40)10-22-38(24-12-30(42)36-18-14-32)20-6-5-7-21-39(25-13-31(43)37-19-15-33)23-11-29(41)35-17-9-27(3)4/h26-27H,5-25,32-33H2,1-4H3,(H,34,40)(H,35,41)(H,36,42)(H,37,43). The number of unbranched alkanes of at least 4 members (excludes halogenated alkanes) is 2. The molecule has 0 aromatic rings.